The number of benzene rings is 2. The molecule has 2 aromatic carbocycles. The molecule has 4 heterocycles. The molecular weight excluding hydrogens is 567 g/mol. The molecule has 0 unspecified atom stereocenters. The smallest absolute Gasteiger partial charge is 0.383 e. The van der Waals surface area contributed by atoms with Gasteiger partial charge in [0.2, 0.25) is 0 Å². The van der Waals surface area contributed by atoms with E-state index >= 15 is 0 Å². The molecule has 2 atom stereocenters. The van der Waals surface area contributed by atoms with Gasteiger partial charge in [0.05, 0.1) is 16.3 Å². The Kier molecular flexibility index (Phi) is 7.44. The van der Waals surface area contributed by atoms with Crippen molar-refractivity contribution in [3.05, 3.63) is 106 Å². The maximum absolute atomic E-state index is 13.1. The largest absolute Gasteiger partial charge is 0.417 e. The third-order valence-corrected chi connectivity index (χ3v) is 8.50. The summed E-state index contributed by atoms with van der Waals surface area (Å²) in [7, 11) is 0. The van der Waals surface area contributed by atoms with Gasteiger partial charge in [-0.15, -0.1) is 0 Å². The first-order valence-electron chi connectivity index (χ1n) is 13.8. The number of amides is 1. The lowest BCUT2D eigenvalue weighted by Gasteiger charge is -2.34. The molecule has 1 saturated heterocycles. The van der Waals surface area contributed by atoms with E-state index in [9.17, 15) is 23.1 Å². The number of pyridine rings is 1. The second kappa shape index (κ2) is 11.1. The zero-order valence-electron chi connectivity index (χ0n) is 22.7. The van der Waals surface area contributed by atoms with Gasteiger partial charge in [-0.3, -0.25) is 4.79 Å². The van der Waals surface area contributed by atoms with Crippen LogP contribution in [0.5, 0.6) is 0 Å². The van der Waals surface area contributed by atoms with Crippen molar-refractivity contribution in [3.8, 4) is 0 Å². The summed E-state index contributed by atoms with van der Waals surface area (Å²) in [4.78, 5) is 18.7. The Morgan fingerprint density at radius 2 is 1.62 bits per heavy atom. The molecule has 7 nitrogen and oxygen atoms in total. The fourth-order valence-electron chi connectivity index (χ4n) is 6.03. The van der Waals surface area contributed by atoms with Crippen LogP contribution in [0.4, 0.5) is 24.8 Å². The van der Waals surface area contributed by atoms with Crippen LogP contribution in [0.15, 0.2) is 72.9 Å². The van der Waals surface area contributed by atoms with E-state index in [0.717, 1.165) is 34.6 Å². The number of alkyl halides is 3. The number of nitrogens with one attached hydrogen (secondary N) is 1. The zero-order chi connectivity index (χ0) is 29.6. The fourth-order valence-corrected chi connectivity index (χ4v) is 6.32. The van der Waals surface area contributed by atoms with Gasteiger partial charge in [-0.05, 0) is 30.0 Å². The van der Waals surface area contributed by atoms with E-state index in [0.29, 0.717) is 37.6 Å². The lowest BCUT2D eigenvalue weighted by atomic mass is 9.84. The van der Waals surface area contributed by atoms with E-state index < -0.39 is 29.7 Å². The number of nitrogens with zero attached hydrogens (tertiary/aromatic N) is 4. The fraction of sp³-hybridized carbons (Fsp3) is 0.323. The highest BCUT2D eigenvalue weighted by Crippen LogP contribution is 2.44. The number of halogens is 4. The standard InChI is InChI=1S/C31H29ClF3N5O2/c1-18-24-25(19-12-14-39(15-13-19)28-23(32)16-22(17-36-28)31(33,34)35)38-40(29(24)37-30(42)27(18)41)26(20-8-4-2-5-9-20)21-10-6-3-7-11-21/h2-11,16-19,26-27,41H,12-15H2,1H3,(H,37,42)/t18-,27-/m0/s1. The number of aliphatic hydroxyl groups is 1. The minimum absolute atomic E-state index is 0.0127. The summed E-state index contributed by atoms with van der Waals surface area (Å²) < 4.78 is 41.2. The quantitative estimate of drug-likeness (QED) is 0.279. The molecule has 11 heteroatoms. The summed E-state index contributed by atoms with van der Waals surface area (Å²) in [6.07, 6.45) is -3.64. The SMILES string of the molecule is C[C@H]1c2c(C3CCN(c4ncc(C(F)(F)F)cc4Cl)CC3)nn(C(c3ccccc3)c3ccccc3)c2NC(=O)[C@H]1O. The summed E-state index contributed by atoms with van der Waals surface area (Å²) in [6.45, 7) is 2.85. The minimum atomic E-state index is -4.52. The van der Waals surface area contributed by atoms with Crippen LogP contribution in [0.1, 0.15) is 65.6 Å². The summed E-state index contributed by atoms with van der Waals surface area (Å²) in [5.74, 6) is -0.0733. The van der Waals surface area contributed by atoms with Gasteiger partial charge in [0.25, 0.3) is 5.91 Å². The van der Waals surface area contributed by atoms with E-state index in [1.54, 1.807) is 0 Å². The number of hydrogen-bond donors (Lipinski definition) is 2. The predicted octanol–water partition coefficient (Wildman–Crippen LogP) is 6.39. The topological polar surface area (TPSA) is 83.3 Å². The van der Waals surface area contributed by atoms with Crippen molar-refractivity contribution >= 4 is 29.1 Å². The molecule has 2 N–H and O–H groups in total. The van der Waals surface area contributed by atoms with E-state index in [4.69, 9.17) is 16.7 Å². The van der Waals surface area contributed by atoms with Crippen LogP contribution in [0.2, 0.25) is 5.02 Å². The van der Waals surface area contributed by atoms with Crippen molar-refractivity contribution in [1.29, 1.82) is 0 Å². The molecule has 1 amide bonds. The highest BCUT2D eigenvalue weighted by Gasteiger charge is 2.41. The molecular formula is C31H29ClF3N5O2. The molecule has 2 aromatic heterocycles. The van der Waals surface area contributed by atoms with Gasteiger partial charge in [0.15, 0.2) is 0 Å². The van der Waals surface area contributed by atoms with Gasteiger partial charge < -0.3 is 15.3 Å². The lowest BCUT2D eigenvalue weighted by molar-refractivity contribution is -0.137. The van der Waals surface area contributed by atoms with Crippen molar-refractivity contribution in [2.45, 2.75) is 49.9 Å². The van der Waals surface area contributed by atoms with Gasteiger partial charge in [0.1, 0.15) is 23.8 Å². The van der Waals surface area contributed by atoms with Crippen molar-refractivity contribution in [2.24, 2.45) is 0 Å². The summed E-state index contributed by atoms with van der Waals surface area (Å²) in [5.41, 5.74) is 2.71. The van der Waals surface area contributed by atoms with Crippen molar-refractivity contribution < 1.29 is 23.1 Å². The number of carbonyl (C=O) groups excluding carboxylic acids is 1. The van der Waals surface area contributed by atoms with E-state index in [2.05, 4.69) is 10.3 Å². The number of aromatic nitrogens is 3. The number of rotatable bonds is 5. The molecule has 6 rings (SSSR count). The average Bonchev–Trinajstić information content (AvgIpc) is 3.35. The van der Waals surface area contributed by atoms with E-state index in [-0.39, 0.29) is 17.0 Å². The van der Waals surface area contributed by atoms with Crippen LogP contribution in [-0.2, 0) is 11.0 Å². The molecule has 218 valence electrons. The third-order valence-electron chi connectivity index (χ3n) is 8.22. The van der Waals surface area contributed by atoms with E-state index in [1.807, 2.05) is 77.2 Å². The Bertz CT molecular complexity index is 1550. The maximum atomic E-state index is 13.1. The highest BCUT2D eigenvalue weighted by molar-refractivity contribution is 6.33. The second-order valence-corrected chi connectivity index (χ2v) is 11.2. The summed E-state index contributed by atoms with van der Waals surface area (Å²) >= 11 is 6.23. The first-order chi connectivity index (χ1) is 20.1. The van der Waals surface area contributed by atoms with Gasteiger partial charge in [-0.2, -0.15) is 18.3 Å². The molecule has 42 heavy (non-hydrogen) atoms. The Morgan fingerprint density at radius 1 is 1.02 bits per heavy atom. The predicted molar refractivity (Wildman–Crippen MR) is 154 cm³/mol. The minimum Gasteiger partial charge on any atom is -0.383 e. The summed E-state index contributed by atoms with van der Waals surface area (Å²) in [6, 6.07) is 20.4. The Labute approximate surface area is 245 Å². The number of anilines is 2. The van der Waals surface area contributed by atoms with Crippen molar-refractivity contribution in [1.82, 2.24) is 14.8 Å². The number of hydrogen-bond acceptors (Lipinski definition) is 5. The Hall–Kier alpha value is -3.89. The van der Waals surface area contributed by atoms with Gasteiger partial charge in [-0.1, -0.05) is 79.2 Å². The number of fused-ring (bicyclic) bond motifs is 1. The van der Waals surface area contributed by atoms with Crippen molar-refractivity contribution in [3.63, 3.8) is 0 Å². The Balaban J connectivity index is 1.37. The first kappa shape index (κ1) is 28.2. The van der Waals surface area contributed by atoms with Gasteiger partial charge in [0, 0.05) is 36.7 Å². The van der Waals surface area contributed by atoms with Crippen LogP contribution >= 0.6 is 11.6 Å². The highest BCUT2D eigenvalue weighted by atomic mass is 35.5. The molecule has 0 aliphatic carbocycles. The van der Waals surface area contributed by atoms with Crippen LogP contribution in [0.25, 0.3) is 0 Å². The Morgan fingerprint density at radius 3 is 2.17 bits per heavy atom. The average molecular weight is 596 g/mol. The van der Waals surface area contributed by atoms with E-state index in [1.165, 1.54) is 0 Å². The molecule has 1 fully saturated rings. The van der Waals surface area contributed by atoms with Crippen LogP contribution in [0.3, 0.4) is 0 Å². The molecule has 0 saturated carbocycles. The normalized spacial score (nSPS) is 19.6. The molecule has 2 aliphatic rings. The van der Waals surface area contributed by atoms with Crippen LogP contribution in [-0.4, -0.2) is 45.0 Å². The van der Waals surface area contributed by atoms with Crippen LogP contribution in [0, 0.1) is 0 Å². The van der Waals surface area contributed by atoms with Gasteiger partial charge >= 0.3 is 6.18 Å². The third kappa shape index (κ3) is 5.13. The van der Waals surface area contributed by atoms with Crippen molar-refractivity contribution in [2.75, 3.05) is 23.3 Å². The first-order valence-corrected chi connectivity index (χ1v) is 14.2. The summed E-state index contributed by atoms with van der Waals surface area (Å²) in [5, 5.41) is 18.8. The molecule has 0 bridgehead atoms. The molecule has 2 aliphatic heterocycles. The lowest BCUT2D eigenvalue weighted by Crippen LogP contribution is -2.38. The number of carbonyl (C=O) groups is 1. The molecule has 0 radical (unpaired) electrons. The monoisotopic (exact) mass is 595 g/mol. The molecule has 0 spiro atoms. The molecule has 4 aromatic rings. The number of piperidine rings is 1. The second-order valence-electron chi connectivity index (χ2n) is 10.8. The number of aliphatic hydroxyl groups excluding tert-OH is 1. The van der Waals surface area contributed by atoms with Crippen LogP contribution < -0.4 is 10.2 Å². The maximum Gasteiger partial charge on any atom is 0.417 e. The zero-order valence-corrected chi connectivity index (χ0v) is 23.5. The van der Waals surface area contributed by atoms with Gasteiger partial charge in [-0.25, -0.2) is 9.67 Å².